The summed E-state index contributed by atoms with van der Waals surface area (Å²) in [6, 6.07) is 9.06. The molecular weight excluding hydrogens is 483 g/mol. The lowest BCUT2D eigenvalue weighted by atomic mass is 10.2. The Morgan fingerprint density at radius 2 is 1.90 bits per heavy atom. The highest BCUT2D eigenvalue weighted by molar-refractivity contribution is 7.99. The average molecular weight is 498 g/mol. The molecule has 168 valence electrons. The van der Waals surface area contributed by atoms with E-state index in [0.29, 0.717) is 22.9 Å². The Bertz CT molecular complexity index is 943. The molecule has 0 radical (unpaired) electrons. The van der Waals surface area contributed by atoms with E-state index in [1.807, 2.05) is 18.2 Å². The van der Waals surface area contributed by atoms with Crippen molar-refractivity contribution in [3.05, 3.63) is 68.7 Å². The van der Waals surface area contributed by atoms with Crippen LogP contribution in [0.2, 0.25) is 5.02 Å². The number of nitrogens with zero attached hydrogens (tertiary/aromatic N) is 1. The van der Waals surface area contributed by atoms with E-state index in [-0.39, 0.29) is 11.5 Å². The van der Waals surface area contributed by atoms with E-state index in [4.69, 9.17) is 16.7 Å². The first-order valence-corrected chi connectivity index (χ1v) is 10.3. The van der Waals surface area contributed by atoms with Gasteiger partial charge < -0.3 is 9.84 Å². The van der Waals surface area contributed by atoms with Gasteiger partial charge in [0.2, 0.25) is 5.75 Å². The number of hydrogen-bond acceptors (Lipinski definition) is 7. The van der Waals surface area contributed by atoms with Gasteiger partial charge in [-0.1, -0.05) is 23.7 Å². The number of alkyl halides is 3. The Balaban J connectivity index is 0.000000327. The van der Waals surface area contributed by atoms with Gasteiger partial charge in [-0.2, -0.15) is 25.8 Å². The van der Waals surface area contributed by atoms with Gasteiger partial charge in [0, 0.05) is 16.8 Å². The predicted molar refractivity (Wildman–Crippen MR) is 113 cm³/mol. The van der Waals surface area contributed by atoms with E-state index in [1.54, 1.807) is 6.07 Å². The van der Waals surface area contributed by atoms with Crippen LogP contribution in [0, 0.1) is 10.1 Å². The lowest BCUT2D eigenvalue weighted by Crippen LogP contribution is -2.11. The summed E-state index contributed by atoms with van der Waals surface area (Å²) in [5.41, 5.74) is -1.07. The maximum absolute atomic E-state index is 12.3. The number of thiol groups is 1. The molecular formula is C18H15ClF3NO6S2. The number of nitro groups is 1. The molecule has 7 nitrogen and oxygen atoms in total. The lowest BCUT2D eigenvalue weighted by Gasteiger charge is -2.08. The van der Waals surface area contributed by atoms with Crippen LogP contribution in [0.5, 0.6) is 5.75 Å². The Hall–Kier alpha value is -2.44. The first-order chi connectivity index (χ1) is 14.4. The zero-order valence-corrected chi connectivity index (χ0v) is 17.9. The van der Waals surface area contributed by atoms with Crippen LogP contribution in [0.15, 0.2) is 42.5 Å². The second-order valence-electron chi connectivity index (χ2n) is 5.59. The van der Waals surface area contributed by atoms with Crippen molar-refractivity contribution in [2.75, 3.05) is 11.5 Å². The number of carbonyl (C=O) groups is 2. The largest absolute Gasteiger partial charge is 0.481 e. The SMILES string of the molecule is O=C(CS)Oc1ccc(C(F)(F)F)cc1[N+](=O)[O-].O=C(O)CSCc1cccc(Cl)c1. The summed E-state index contributed by atoms with van der Waals surface area (Å²) in [4.78, 5) is 30.6. The number of thioether (sulfide) groups is 1. The summed E-state index contributed by atoms with van der Waals surface area (Å²) in [6.45, 7) is 0. The van der Waals surface area contributed by atoms with Crippen LogP contribution in [0.25, 0.3) is 0 Å². The molecule has 1 N–H and O–H groups in total. The maximum atomic E-state index is 12.3. The summed E-state index contributed by atoms with van der Waals surface area (Å²) in [5, 5.41) is 19.7. The van der Waals surface area contributed by atoms with Crippen LogP contribution in [0.1, 0.15) is 11.1 Å². The van der Waals surface area contributed by atoms with Crippen molar-refractivity contribution in [1.29, 1.82) is 0 Å². The smallest absolute Gasteiger partial charge is 0.416 e. The van der Waals surface area contributed by atoms with Gasteiger partial charge in [-0.05, 0) is 29.8 Å². The van der Waals surface area contributed by atoms with Crippen LogP contribution in [-0.4, -0.2) is 33.5 Å². The first-order valence-electron chi connectivity index (χ1n) is 8.15. The molecule has 0 fully saturated rings. The average Bonchev–Trinajstić information content (AvgIpc) is 2.67. The number of rotatable bonds is 7. The number of aliphatic carboxylic acids is 1. The summed E-state index contributed by atoms with van der Waals surface area (Å²) in [6.07, 6.45) is -4.71. The molecule has 13 heteroatoms. The highest BCUT2D eigenvalue weighted by atomic mass is 35.5. The summed E-state index contributed by atoms with van der Waals surface area (Å²) in [7, 11) is 0. The number of carboxylic acids is 1. The Labute approximate surface area is 189 Å². The molecule has 2 aromatic carbocycles. The molecule has 0 aromatic heterocycles. The minimum atomic E-state index is -4.71. The zero-order chi connectivity index (χ0) is 23.6. The Morgan fingerprint density at radius 3 is 2.42 bits per heavy atom. The van der Waals surface area contributed by atoms with Gasteiger partial charge in [0.25, 0.3) is 0 Å². The Morgan fingerprint density at radius 1 is 1.23 bits per heavy atom. The lowest BCUT2D eigenvalue weighted by molar-refractivity contribution is -0.385. The van der Waals surface area contributed by atoms with Gasteiger partial charge in [-0.25, -0.2) is 0 Å². The molecule has 0 heterocycles. The van der Waals surface area contributed by atoms with Crippen LogP contribution in [0.3, 0.4) is 0 Å². The van der Waals surface area contributed by atoms with Crippen molar-refractivity contribution in [2.24, 2.45) is 0 Å². The molecule has 0 saturated heterocycles. The molecule has 0 aliphatic rings. The fraction of sp³-hybridized carbons (Fsp3) is 0.222. The molecule has 0 unspecified atom stereocenters. The van der Waals surface area contributed by atoms with E-state index in [9.17, 15) is 32.9 Å². The molecule has 0 bridgehead atoms. The second kappa shape index (κ2) is 12.4. The third-order valence-corrected chi connectivity index (χ3v) is 4.70. The predicted octanol–water partition coefficient (Wildman–Crippen LogP) is 5.11. The summed E-state index contributed by atoms with van der Waals surface area (Å²) >= 11 is 10.7. The minimum Gasteiger partial charge on any atom is -0.481 e. The number of benzene rings is 2. The van der Waals surface area contributed by atoms with E-state index in [2.05, 4.69) is 17.4 Å². The molecule has 0 atom stereocenters. The minimum absolute atomic E-state index is 0.131. The van der Waals surface area contributed by atoms with E-state index >= 15 is 0 Å². The summed E-state index contributed by atoms with van der Waals surface area (Å²) < 4.78 is 41.5. The number of carbonyl (C=O) groups excluding carboxylic acids is 1. The van der Waals surface area contributed by atoms with E-state index in [1.165, 1.54) is 11.8 Å². The molecule has 0 aliphatic carbocycles. The third-order valence-electron chi connectivity index (χ3n) is 3.22. The number of nitro benzene ring substituents is 1. The Kier molecular flexibility index (Phi) is 10.7. The van der Waals surface area contributed by atoms with Crippen molar-refractivity contribution in [3.63, 3.8) is 0 Å². The monoisotopic (exact) mass is 497 g/mol. The number of hydrogen-bond donors (Lipinski definition) is 2. The number of halogens is 4. The van der Waals surface area contributed by atoms with Gasteiger partial charge in [0.1, 0.15) is 0 Å². The topological polar surface area (TPSA) is 107 Å². The van der Waals surface area contributed by atoms with Crippen molar-refractivity contribution in [3.8, 4) is 5.75 Å². The van der Waals surface area contributed by atoms with Gasteiger partial charge in [-0.3, -0.25) is 19.7 Å². The molecule has 2 aromatic rings. The van der Waals surface area contributed by atoms with Gasteiger partial charge in [0.05, 0.1) is 22.0 Å². The summed E-state index contributed by atoms with van der Waals surface area (Å²) in [5.74, 6) is -1.77. The fourth-order valence-electron chi connectivity index (χ4n) is 1.96. The van der Waals surface area contributed by atoms with Gasteiger partial charge in [-0.15, -0.1) is 11.8 Å². The molecule has 0 spiro atoms. The highest BCUT2D eigenvalue weighted by Gasteiger charge is 2.33. The van der Waals surface area contributed by atoms with Crippen LogP contribution >= 0.6 is 36.0 Å². The zero-order valence-electron chi connectivity index (χ0n) is 15.5. The van der Waals surface area contributed by atoms with Crippen molar-refractivity contribution in [2.45, 2.75) is 11.9 Å². The van der Waals surface area contributed by atoms with Gasteiger partial charge >= 0.3 is 23.8 Å². The van der Waals surface area contributed by atoms with E-state index in [0.717, 1.165) is 11.6 Å². The van der Waals surface area contributed by atoms with Crippen molar-refractivity contribution < 1.29 is 37.5 Å². The highest BCUT2D eigenvalue weighted by Crippen LogP contribution is 2.36. The molecule has 2 rings (SSSR count). The maximum Gasteiger partial charge on any atom is 0.416 e. The first kappa shape index (κ1) is 26.6. The van der Waals surface area contributed by atoms with Crippen LogP contribution in [-0.2, 0) is 21.5 Å². The standard InChI is InChI=1S/C9H9ClO2S.C9H6F3NO4S/c10-8-3-1-2-7(4-8)5-13-6-9(11)12;10-9(11,12)5-1-2-7(17-8(14)4-18)6(3-5)13(15)16/h1-4H,5-6H2,(H,11,12);1-3,18H,4H2. The number of ether oxygens (including phenoxy) is 1. The van der Waals surface area contributed by atoms with Crippen LogP contribution < -0.4 is 4.74 Å². The molecule has 31 heavy (non-hydrogen) atoms. The number of esters is 1. The second-order valence-corrected chi connectivity index (χ2v) is 7.32. The quantitative estimate of drug-likeness (QED) is 0.180. The van der Waals surface area contributed by atoms with Crippen molar-refractivity contribution >= 4 is 53.6 Å². The fourth-order valence-corrected chi connectivity index (χ4v) is 2.93. The molecule has 0 aliphatic heterocycles. The van der Waals surface area contributed by atoms with Gasteiger partial charge in [0.15, 0.2) is 0 Å². The van der Waals surface area contributed by atoms with E-state index < -0.39 is 40.0 Å². The number of carboxylic acid groups (broad SMARTS) is 1. The van der Waals surface area contributed by atoms with Crippen LogP contribution in [0.4, 0.5) is 18.9 Å². The van der Waals surface area contributed by atoms with Crippen molar-refractivity contribution in [1.82, 2.24) is 0 Å². The molecule has 0 saturated carbocycles. The third kappa shape index (κ3) is 9.94. The molecule has 0 amide bonds. The normalized spacial score (nSPS) is 10.6.